The first kappa shape index (κ1) is 26.2. The third-order valence-corrected chi connectivity index (χ3v) is 5.29. The van der Waals surface area contributed by atoms with Gasteiger partial charge in [0.1, 0.15) is 0 Å². The summed E-state index contributed by atoms with van der Waals surface area (Å²) in [7, 11) is 0. The van der Waals surface area contributed by atoms with Gasteiger partial charge in [0.15, 0.2) is 0 Å². The van der Waals surface area contributed by atoms with Gasteiger partial charge in [0.2, 0.25) is 5.91 Å². The SMILES string of the molecule is O=C(O)CC(NC(=O)CNC(=O)c1cccc(NC(=O)NCc2ccccc2)c1)c1cccc(Cl)c1. The Balaban J connectivity index is 1.52. The fourth-order valence-electron chi connectivity index (χ4n) is 3.35. The van der Waals surface area contributed by atoms with Crippen LogP contribution in [0.15, 0.2) is 78.9 Å². The Kier molecular flexibility index (Phi) is 9.41. The van der Waals surface area contributed by atoms with Gasteiger partial charge in [-0.2, -0.15) is 0 Å². The molecule has 0 spiro atoms. The van der Waals surface area contributed by atoms with Crippen LogP contribution in [0.4, 0.5) is 10.5 Å². The van der Waals surface area contributed by atoms with E-state index >= 15 is 0 Å². The largest absolute Gasteiger partial charge is 0.481 e. The average Bonchev–Trinajstić information content (AvgIpc) is 2.86. The number of urea groups is 1. The van der Waals surface area contributed by atoms with Gasteiger partial charge in [0.05, 0.1) is 19.0 Å². The molecule has 5 N–H and O–H groups in total. The van der Waals surface area contributed by atoms with Crippen molar-refractivity contribution in [3.8, 4) is 0 Å². The van der Waals surface area contributed by atoms with Crippen LogP contribution in [-0.2, 0) is 16.1 Å². The van der Waals surface area contributed by atoms with E-state index in [0.717, 1.165) is 5.56 Å². The minimum Gasteiger partial charge on any atom is -0.481 e. The number of halogens is 1. The molecule has 0 bridgehead atoms. The number of benzene rings is 3. The fraction of sp³-hybridized carbons (Fsp3) is 0.154. The predicted molar refractivity (Wildman–Crippen MR) is 136 cm³/mol. The van der Waals surface area contributed by atoms with Crippen molar-refractivity contribution >= 4 is 41.1 Å². The first-order valence-corrected chi connectivity index (χ1v) is 11.4. The highest BCUT2D eigenvalue weighted by atomic mass is 35.5. The molecule has 10 heteroatoms. The number of nitrogens with one attached hydrogen (secondary N) is 4. The van der Waals surface area contributed by atoms with Crippen LogP contribution in [0.3, 0.4) is 0 Å². The average molecular weight is 509 g/mol. The lowest BCUT2D eigenvalue weighted by Gasteiger charge is -2.18. The van der Waals surface area contributed by atoms with Crippen LogP contribution in [0.1, 0.15) is 33.9 Å². The molecule has 1 atom stereocenters. The van der Waals surface area contributed by atoms with E-state index < -0.39 is 29.9 Å². The molecule has 3 rings (SSSR count). The predicted octanol–water partition coefficient (Wildman–Crippen LogP) is 3.72. The lowest BCUT2D eigenvalue weighted by atomic mass is 10.0. The zero-order valence-electron chi connectivity index (χ0n) is 19.2. The Morgan fingerprint density at radius 3 is 2.33 bits per heavy atom. The molecule has 0 radical (unpaired) electrons. The standard InChI is InChI=1S/C26H25ClN4O5/c27-20-10-4-8-18(12-20)22(14-24(33)34)31-23(32)16-28-25(35)19-9-5-11-21(13-19)30-26(36)29-15-17-6-2-1-3-7-17/h1-13,22H,14-16H2,(H,28,35)(H,31,32)(H,33,34)(H2,29,30,36). The van der Waals surface area contributed by atoms with Crippen molar-refractivity contribution < 1.29 is 24.3 Å². The number of aliphatic carboxylic acids is 1. The second kappa shape index (κ2) is 12.9. The minimum absolute atomic E-state index is 0.237. The van der Waals surface area contributed by atoms with E-state index in [-0.39, 0.29) is 18.5 Å². The molecule has 0 aliphatic carbocycles. The van der Waals surface area contributed by atoms with Crippen molar-refractivity contribution in [1.29, 1.82) is 0 Å². The van der Waals surface area contributed by atoms with Gasteiger partial charge in [-0.05, 0) is 41.5 Å². The Hall–Kier alpha value is -4.37. The van der Waals surface area contributed by atoms with Gasteiger partial charge in [0.25, 0.3) is 5.91 Å². The molecule has 1 unspecified atom stereocenters. The Bertz CT molecular complexity index is 1240. The molecule has 186 valence electrons. The van der Waals surface area contributed by atoms with Gasteiger partial charge < -0.3 is 26.4 Å². The summed E-state index contributed by atoms with van der Waals surface area (Å²) >= 11 is 5.98. The molecule has 0 aromatic heterocycles. The van der Waals surface area contributed by atoms with Gasteiger partial charge in [-0.3, -0.25) is 14.4 Å². The summed E-state index contributed by atoms with van der Waals surface area (Å²) < 4.78 is 0. The molecule has 0 saturated heterocycles. The normalized spacial score (nSPS) is 11.1. The van der Waals surface area contributed by atoms with Crippen molar-refractivity contribution in [2.24, 2.45) is 0 Å². The van der Waals surface area contributed by atoms with Crippen LogP contribution in [0, 0.1) is 0 Å². The maximum absolute atomic E-state index is 12.5. The van der Waals surface area contributed by atoms with Gasteiger partial charge in [-0.15, -0.1) is 0 Å². The van der Waals surface area contributed by atoms with E-state index in [2.05, 4.69) is 21.3 Å². The van der Waals surface area contributed by atoms with E-state index in [9.17, 15) is 24.3 Å². The number of anilines is 1. The number of carbonyl (C=O) groups excluding carboxylic acids is 3. The molecule has 0 fully saturated rings. The number of rotatable bonds is 10. The number of carbonyl (C=O) groups is 4. The molecule has 0 heterocycles. The molecule has 0 aliphatic rings. The third kappa shape index (κ3) is 8.44. The van der Waals surface area contributed by atoms with E-state index in [1.807, 2.05) is 30.3 Å². The summed E-state index contributed by atoms with van der Waals surface area (Å²) in [6.45, 7) is -0.0231. The number of carboxylic acid groups (broad SMARTS) is 1. The first-order valence-electron chi connectivity index (χ1n) is 11.0. The Morgan fingerprint density at radius 2 is 1.61 bits per heavy atom. The maximum atomic E-state index is 12.5. The summed E-state index contributed by atoms with van der Waals surface area (Å²) in [5.74, 6) is -2.19. The van der Waals surface area contributed by atoms with Crippen molar-refractivity contribution in [1.82, 2.24) is 16.0 Å². The topological polar surface area (TPSA) is 137 Å². The van der Waals surface area contributed by atoms with Gasteiger partial charge in [-0.25, -0.2) is 4.79 Å². The highest BCUT2D eigenvalue weighted by Gasteiger charge is 2.19. The van der Waals surface area contributed by atoms with Crippen LogP contribution >= 0.6 is 11.6 Å². The highest BCUT2D eigenvalue weighted by Crippen LogP contribution is 2.20. The second-order valence-corrected chi connectivity index (χ2v) is 8.27. The molecule has 3 aromatic rings. The number of hydrogen-bond acceptors (Lipinski definition) is 4. The van der Waals surface area contributed by atoms with Crippen molar-refractivity contribution in [3.05, 3.63) is 101 Å². The van der Waals surface area contributed by atoms with Crippen LogP contribution in [0.25, 0.3) is 0 Å². The summed E-state index contributed by atoms with van der Waals surface area (Å²) in [6, 6.07) is 21.0. The molecule has 36 heavy (non-hydrogen) atoms. The fourth-order valence-corrected chi connectivity index (χ4v) is 3.55. The highest BCUT2D eigenvalue weighted by molar-refractivity contribution is 6.30. The van der Waals surface area contributed by atoms with Crippen LogP contribution < -0.4 is 21.3 Å². The molecular weight excluding hydrogens is 484 g/mol. The van der Waals surface area contributed by atoms with Gasteiger partial charge >= 0.3 is 12.0 Å². The lowest BCUT2D eigenvalue weighted by molar-refractivity contribution is -0.137. The number of carboxylic acids is 1. The first-order chi connectivity index (χ1) is 17.3. The van der Waals surface area contributed by atoms with Crippen molar-refractivity contribution in [3.63, 3.8) is 0 Å². The molecular formula is C26H25ClN4O5. The van der Waals surface area contributed by atoms with Crippen molar-refractivity contribution in [2.45, 2.75) is 19.0 Å². The monoisotopic (exact) mass is 508 g/mol. The summed E-state index contributed by atoms with van der Waals surface area (Å²) in [5.41, 5.74) is 2.12. The molecule has 0 saturated carbocycles. The number of hydrogen-bond donors (Lipinski definition) is 5. The maximum Gasteiger partial charge on any atom is 0.319 e. The van der Waals surface area contributed by atoms with Crippen LogP contribution in [0.5, 0.6) is 0 Å². The zero-order valence-corrected chi connectivity index (χ0v) is 19.9. The summed E-state index contributed by atoms with van der Waals surface area (Å²) in [6.07, 6.45) is -0.347. The summed E-state index contributed by atoms with van der Waals surface area (Å²) in [4.78, 5) is 48.4. The smallest absolute Gasteiger partial charge is 0.319 e. The molecule has 9 nitrogen and oxygen atoms in total. The minimum atomic E-state index is -1.10. The quantitative estimate of drug-likeness (QED) is 0.284. The van der Waals surface area contributed by atoms with Crippen LogP contribution in [-0.4, -0.2) is 35.5 Å². The third-order valence-electron chi connectivity index (χ3n) is 5.05. The van der Waals surface area contributed by atoms with E-state index in [1.54, 1.807) is 42.5 Å². The second-order valence-electron chi connectivity index (χ2n) is 7.83. The zero-order chi connectivity index (χ0) is 25.9. The Morgan fingerprint density at radius 1 is 0.861 bits per heavy atom. The Labute approximate surface area is 212 Å². The lowest BCUT2D eigenvalue weighted by Crippen LogP contribution is -2.39. The van der Waals surface area contributed by atoms with E-state index in [0.29, 0.717) is 22.8 Å². The molecule has 4 amide bonds. The molecule has 3 aromatic carbocycles. The number of amides is 4. The van der Waals surface area contributed by atoms with E-state index in [1.165, 1.54) is 6.07 Å². The van der Waals surface area contributed by atoms with Crippen molar-refractivity contribution in [2.75, 3.05) is 11.9 Å². The van der Waals surface area contributed by atoms with Gasteiger partial charge in [-0.1, -0.05) is 60.1 Å². The van der Waals surface area contributed by atoms with Crippen LogP contribution in [0.2, 0.25) is 5.02 Å². The van der Waals surface area contributed by atoms with E-state index in [4.69, 9.17) is 11.6 Å². The molecule has 0 aliphatic heterocycles. The van der Waals surface area contributed by atoms with Gasteiger partial charge in [0, 0.05) is 22.8 Å². The summed E-state index contributed by atoms with van der Waals surface area (Å²) in [5, 5.41) is 20.1.